The predicted molar refractivity (Wildman–Crippen MR) is 75.9 cm³/mol. The maximum atomic E-state index is 5.57. The summed E-state index contributed by atoms with van der Waals surface area (Å²) in [6, 6.07) is 11.3. The van der Waals surface area contributed by atoms with Crippen molar-refractivity contribution in [2.24, 2.45) is 0 Å². The summed E-state index contributed by atoms with van der Waals surface area (Å²) >= 11 is 0. The molecule has 0 saturated heterocycles. The molecule has 0 aliphatic rings. The van der Waals surface area contributed by atoms with Gasteiger partial charge in [-0.15, -0.1) is 0 Å². The molecular weight excluding hydrogens is 256 g/mol. The van der Waals surface area contributed by atoms with Gasteiger partial charge >= 0.3 is 0 Å². The highest BCUT2D eigenvalue weighted by atomic mass is 16.5. The Morgan fingerprint density at radius 3 is 2.75 bits per heavy atom. The molecule has 108 valence electrons. The van der Waals surface area contributed by atoms with Gasteiger partial charge in [0, 0.05) is 12.6 Å². The van der Waals surface area contributed by atoms with E-state index in [1.165, 1.54) is 0 Å². The van der Waals surface area contributed by atoms with Crippen LogP contribution in [-0.4, -0.2) is 36.8 Å². The van der Waals surface area contributed by atoms with E-state index in [1.54, 1.807) is 6.07 Å². The van der Waals surface area contributed by atoms with Crippen molar-refractivity contribution in [1.82, 2.24) is 10.1 Å². The molecule has 0 bridgehead atoms. The number of aromatic nitrogens is 1. The van der Waals surface area contributed by atoms with Crippen LogP contribution in [0.3, 0.4) is 0 Å². The van der Waals surface area contributed by atoms with Gasteiger partial charge in [0.15, 0.2) is 5.76 Å². The first-order valence-electron chi connectivity index (χ1n) is 6.72. The number of benzene rings is 1. The lowest BCUT2D eigenvalue weighted by Gasteiger charge is -2.12. The average Bonchev–Trinajstić information content (AvgIpc) is 2.94. The third-order valence-corrected chi connectivity index (χ3v) is 2.92. The fourth-order valence-electron chi connectivity index (χ4n) is 1.57. The first-order valence-corrected chi connectivity index (χ1v) is 6.72. The average molecular weight is 276 g/mol. The Labute approximate surface area is 119 Å². The highest BCUT2D eigenvalue weighted by Gasteiger charge is 2.06. The second-order valence-corrected chi connectivity index (χ2v) is 4.48. The molecule has 0 aliphatic heterocycles. The molecule has 2 aromatic rings. The van der Waals surface area contributed by atoms with Crippen LogP contribution in [0, 0.1) is 0 Å². The summed E-state index contributed by atoms with van der Waals surface area (Å²) in [5.41, 5.74) is 0. The lowest BCUT2D eigenvalue weighted by Crippen LogP contribution is -2.23. The topological polar surface area (TPSA) is 47.7 Å². The lowest BCUT2D eigenvalue weighted by atomic mass is 10.3. The van der Waals surface area contributed by atoms with Gasteiger partial charge in [-0.3, -0.25) is 0 Å². The van der Waals surface area contributed by atoms with Crippen LogP contribution in [0.2, 0.25) is 0 Å². The predicted octanol–water partition coefficient (Wildman–Crippen LogP) is 2.58. The van der Waals surface area contributed by atoms with Gasteiger partial charge in [0.2, 0.25) is 0 Å². The van der Waals surface area contributed by atoms with Crippen LogP contribution in [-0.2, 0) is 6.61 Å². The van der Waals surface area contributed by atoms with E-state index in [9.17, 15) is 0 Å². The van der Waals surface area contributed by atoms with Crippen LogP contribution in [0.15, 0.2) is 40.9 Å². The number of nitrogens with zero attached hydrogens (tertiary/aromatic N) is 2. The van der Waals surface area contributed by atoms with Gasteiger partial charge in [0.1, 0.15) is 19.0 Å². The zero-order valence-corrected chi connectivity index (χ0v) is 11.9. The standard InChI is InChI=1S/C15H20N2O3/c1-3-17(2)9-10-18-15-11-14(20-16-15)12-19-13-7-5-4-6-8-13/h4-8,11H,3,9-10,12H2,1-2H3. The van der Waals surface area contributed by atoms with Gasteiger partial charge in [0.05, 0.1) is 0 Å². The maximum Gasteiger partial charge on any atom is 0.254 e. The summed E-state index contributed by atoms with van der Waals surface area (Å²) in [7, 11) is 2.05. The van der Waals surface area contributed by atoms with Gasteiger partial charge in [-0.2, -0.15) is 0 Å². The lowest BCUT2D eigenvalue weighted by molar-refractivity contribution is 0.219. The minimum Gasteiger partial charge on any atom is -0.486 e. The third-order valence-electron chi connectivity index (χ3n) is 2.92. The quantitative estimate of drug-likeness (QED) is 0.741. The molecule has 1 aromatic heterocycles. The van der Waals surface area contributed by atoms with Crippen molar-refractivity contribution in [3.8, 4) is 11.6 Å². The number of para-hydroxylation sites is 1. The SMILES string of the molecule is CCN(C)CCOc1cc(COc2ccccc2)on1. The zero-order valence-electron chi connectivity index (χ0n) is 11.9. The Morgan fingerprint density at radius 1 is 1.20 bits per heavy atom. The van der Waals surface area contributed by atoms with Gasteiger partial charge in [-0.1, -0.05) is 25.1 Å². The molecule has 0 aliphatic carbocycles. The van der Waals surface area contributed by atoms with E-state index in [-0.39, 0.29) is 0 Å². The second kappa shape index (κ2) is 7.55. The molecule has 0 spiro atoms. The minimum atomic E-state index is 0.342. The van der Waals surface area contributed by atoms with Gasteiger partial charge in [-0.25, -0.2) is 0 Å². The third kappa shape index (κ3) is 4.59. The maximum absolute atomic E-state index is 5.57. The van der Waals surface area contributed by atoms with Crippen molar-refractivity contribution in [2.45, 2.75) is 13.5 Å². The molecule has 0 atom stereocenters. The Kier molecular flexibility index (Phi) is 5.43. The summed E-state index contributed by atoms with van der Waals surface area (Å²) in [4.78, 5) is 2.17. The fraction of sp³-hybridized carbons (Fsp3) is 0.400. The molecule has 2 rings (SSSR count). The van der Waals surface area contributed by atoms with Crippen LogP contribution in [0.4, 0.5) is 0 Å². The van der Waals surface area contributed by atoms with E-state index >= 15 is 0 Å². The van der Waals surface area contributed by atoms with Crippen molar-refractivity contribution in [3.05, 3.63) is 42.2 Å². The number of rotatable bonds is 8. The Bertz CT molecular complexity index is 499. The second-order valence-electron chi connectivity index (χ2n) is 4.48. The highest BCUT2D eigenvalue weighted by Crippen LogP contribution is 2.15. The Balaban J connectivity index is 1.75. The largest absolute Gasteiger partial charge is 0.486 e. The molecule has 0 amide bonds. The molecule has 5 nitrogen and oxygen atoms in total. The number of hydrogen-bond acceptors (Lipinski definition) is 5. The van der Waals surface area contributed by atoms with E-state index in [1.807, 2.05) is 37.4 Å². The number of likely N-dealkylation sites (N-methyl/N-ethyl adjacent to an activating group) is 1. The zero-order chi connectivity index (χ0) is 14.2. The van der Waals surface area contributed by atoms with E-state index in [0.29, 0.717) is 24.9 Å². The van der Waals surface area contributed by atoms with Crippen LogP contribution in [0.5, 0.6) is 11.6 Å². The van der Waals surface area contributed by atoms with E-state index in [0.717, 1.165) is 18.8 Å². The van der Waals surface area contributed by atoms with Gasteiger partial charge in [0.25, 0.3) is 5.88 Å². The minimum absolute atomic E-state index is 0.342. The molecule has 0 radical (unpaired) electrons. The molecule has 1 aromatic carbocycles. The normalized spacial score (nSPS) is 10.8. The monoisotopic (exact) mass is 276 g/mol. The van der Waals surface area contributed by atoms with Crippen LogP contribution in [0.1, 0.15) is 12.7 Å². The molecule has 1 heterocycles. The molecule has 0 N–H and O–H groups in total. The molecule has 5 heteroatoms. The number of ether oxygens (including phenoxy) is 2. The first kappa shape index (κ1) is 14.4. The van der Waals surface area contributed by atoms with Gasteiger partial charge in [-0.05, 0) is 30.9 Å². The van der Waals surface area contributed by atoms with Crippen molar-refractivity contribution < 1.29 is 14.0 Å². The first-order chi connectivity index (χ1) is 9.78. The molecular formula is C15H20N2O3. The number of hydrogen-bond donors (Lipinski definition) is 0. The summed E-state index contributed by atoms with van der Waals surface area (Å²) in [5, 5.41) is 3.86. The Morgan fingerprint density at radius 2 is 2.00 bits per heavy atom. The van der Waals surface area contributed by atoms with Crippen LogP contribution < -0.4 is 9.47 Å². The molecule has 0 saturated carbocycles. The summed E-state index contributed by atoms with van der Waals surface area (Å²) < 4.78 is 16.2. The van der Waals surface area contributed by atoms with Crippen molar-refractivity contribution >= 4 is 0 Å². The summed E-state index contributed by atoms with van der Waals surface area (Å²) in [6.07, 6.45) is 0. The summed E-state index contributed by atoms with van der Waals surface area (Å²) in [5.74, 6) is 1.95. The fourth-order valence-corrected chi connectivity index (χ4v) is 1.57. The van der Waals surface area contributed by atoms with E-state index in [4.69, 9.17) is 14.0 Å². The van der Waals surface area contributed by atoms with Crippen molar-refractivity contribution in [2.75, 3.05) is 26.7 Å². The van der Waals surface area contributed by atoms with E-state index in [2.05, 4.69) is 17.0 Å². The smallest absolute Gasteiger partial charge is 0.254 e. The van der Waals surface area contributed by atoms with E-state index < -0.39 is 0 Å². The summed E-state index contributed by atoms with van der Waals surface area (Å²) in [6.45, 7) is 4.90. The van der Waals surface area contributed by atoms with Gasteiger partial charge < -0.3 is 18.9 Å². The molecule has 0 fully saturated rings. The Hall–Kier alpha value is -2.01. The van der Waals surface area contributed by atoms with Crippen molar-refractivity contribution in [1.29, 1.82) is 0 Å². The van der Waals surface area contributed by atoms with Crippen LogP contribution >= 0.6 is 0 Å². The van der Waals surface area contributed by atoms with Crippen molar-refractivity contribution in [3.63, 3.8) is 0 Å². The van der Waals surface area contributed by atoms with Crippen LogP contribution in [0.25, 0.3) is 0 Å². The molecule has 0 unspecified atom stereocenters. The highest BCUT2D eigenvalue weighted by molar-refractivity contribution is 5.21. The molecule has 20 heavy (non-hydrogen) atoms.